The number of benzene rings is 1. The number of halogens is 1. The Bertz CT molecular complexity index is 606. The van der Waals surface area contributed by atoms with Gasteiger partial charge in [-0.15, -0.1) is 0 Å². The molecule has 0 unspecified atom stereocenters. The fourth-order valence-electron chi connectivity index (χ4n) is 3.01. The van der Waals surface area contributed by atoms with Crippen LogP contribution in [0.2, 0.25) is 0 Å². The van der Waals surface area contributed by atoms with Crippen molar-refractivity contribution in [2.24, 2.45) is 0 Å². The van der Waals surface area contributed by atoms with Crippen LogP contribution in [0.3, 0.4) is 0 Å². The highest BCUT2D eigenvalue weighted by atomic mass is 19.1. The van der Waals surface area contributed by atoms with E-state index >= 15 is 0 Å². The molecule has 0 aliphatic carbocycles. The van der Waals surface area contributed by atoms with Gasteiger partial charge >= 0.3 is 0 Å². The zero-order chi connectivity index (χ0) is 18.2. The number of carbonyl (C=O) groups is 2. The molecule has 0 atom stereocenters. The van der Waals surface area contributed by atoms with E-state index in [1.54, 1.807) is 11.0 Å². The van der Waals surface area contributed by atoms with Crippen molar-refractivity contribution in [1.29, 1.82) is 0 Å². The first-order chi connectivity index (χ1) is 12.0. The summed E-state index contributed by atoms with van der Waals surface area (Å²) in [7, 11) is 1.41. The van der Waals surface area contributed by atoms with Gasteiger partial charge in [0.2, 0.25) is 11.8 Å². The Morgan fingerprint density at radius 2 is 1.80 bits per heavy atom. The van der Waals surface area contributed by atoms with Gasteiger partial charge < -0.3 is 14.5 Å². The van der Waals surface area contributed by atoms with Gasteiger partial charge in [0.05, 0.1) is 13.5 Å². The van der Waals surface area contributed by atoms with Crippen molar-refractivity contribution in [2.75, 3.05) is 33.3 Å². The van der Waals surface area contributed by atoms with Crippen molar-refractivity contribution in [1.82, 2.24) is 9.80 Å². The standard InChI is InChI=1S/C19H27FN2O3/c1-3-4-6-18(23)21-9-5-10-22(12-11-21)19(24)14-15-7-8-17(25-2)16(20)13-15/h7-8,13H,3-6,9-12,14H2,1-2H3. The average molecular weight is 350 g/mol. The lowest BCUT2D eigenvalue weighted by atomic mass is 10.1. The van der Waals surface area contributed by atoms with Crippen LogP contribution in [0.15, 0.2) is 18.2 Å². The topological polar surface area (TPSA) is 49.9 Å². The first-order valence-electron chi connectivity index (χ1n) is 8.93. The maximum atomic E-state index is 13.8. The van der Waals surface area contributed by atoms with Crippen LogP contribution in [0.25, 0.3) is 0 Å². The molecule has 1 aliphatic heterocycles. The lowest BCUT2D eigenvalue weighted by Gasteiger charge is -2.22. The van der Waals surface area contributed by atoms with Crippen molar-refractivity contribution >= 4 is 11.8 Å². The molecule has 1 aliphatic rings. The quantitative estimate of drug-likeness (QED) is 0.792. The zero-order valence-corrected chi connectivity index (χ0v) is 15.1. The molecule has 0 bridgehead atoms. The van der Waals surface area contributed by atoms with Crippen LogP contribution in [-0.2, 0) is 16.0 Å². The fourth-order valence-corrected chi connectivity index (χ4v) is 3.01. The normalized spacial score (nSPS) is 15.0. The van der Waals surface area contributed by atoms with Crippen molar-refractivity contribution in [3.63, 3.8) is 0 Å². The van der Waals surface area contributed by atoms with Crippen LogP contribution in [-0.4, -0.2) is 54.9 Å². The van der Waals surface area contributed by atoms with Gasteiger partial charge in [-0.05, 0) is 30.5 Å². The fraction of sp³-hybridized carbons (Fsp3) is 0.579. The highest BCUT2D eigenvalue weighted by Gasteiger charge is 2.22. The van der Waals surface area contributed by atoms with E-state index in [1.807, 2.05) is 4.90 Å². The van der Waals surface area contributed by atoms with Crippen molar-refractivity contribution < 1.29 is 18.7 Å². The minimum Gasteiger partial charge on any atom is -0.494 e. The molecular weight excluding hydrogens is 323 g/mol. The Kier molecular flexibility index (Phi) is 7.22. The largest absolute Gasteiger partial charge is 0.494 e. The number of unbranched alkanes of at least 4 members (excludes halogenated alkanes) is 1. The first kappa shape index (κ1) is 19.2. The van der Waals surface area contributed by atoms with Gasteiger partial charge in [-0.1, -0.05) is 19.4 Å². The molecule has 1 aromatic carbocycles. The second kappa shape index (κ2) is 9.39. The number of amides is 2. The van der Waals surface area contributed by atoms with E-state index < -0.39 is 5.82 Å². The van der Waals surface area contributed by atoms with E-state index in [1.165, 1.54) is 19.2 Å². The minimum absolute atomic E-state index is 0.0348. The van der Waals surface area contributed by atoms with Gasteiger partial charge in [-0.3, -0.25) is 9.59 Å². The molecule has 0 aromatic heterocycles. The predicted octanol–water partition coefficient (Wildman–Crippen LogP) is 2.63. The van der Waals surface area contributed by atoms with E-state index in [2.05, 4.69) is 6.92 Å². The third-order valence-electron chi connectivity index (χ3n) is 4.52. The van der Waals surface area contributed by atoms with Crippen LogP contribution in [0, 0.1) is 5.82 Å². The number of nitrogens with zero attached hydrogens (tertiary/aromatic N) is 2. The summed E-state index contributed by atoms with van der Waals surface area (Å²) in [5, 5.41) is 0. The Labute approximate surface area is 148 Å². The molecule has 0 N–H and O–H groups in total. The molecule has 0 radical (unpaired) electrons. The van der Waals surface area contributed by atoms with Crippen LogP contribution in [0.4, 0.5) is 4.39 Å². The molecule has 1 fully saturated rings. The van der Waals surface area contributed by atoms with E-state index in [0.717, 1.165) is 19.3 Å². The highest BCUT2D eigenvalue weighted by Crippen LogP contribution is 2.18. The molecule has 5 nitrogen and oxygen atoms in total. The Morgan fingerprint density at radius 3 is 2.40 bits per heavy atom. The summed E-state index contributed by atoms with van der Waals surface area (Å²) in [6, 6.07) is 4.59. The summed E-state index contributed by atoms with van der Waals surface area (Å²) < 4.78 is 18.6. The Hall–Kier alpha value is -2.11. The number of carbonyl (C=O) groups excluding carboxylic acids is 2. The van der Waals surface area contributed by atoms with Gasteiger partial charge in [-0.2, -0.15) is 0 Å². The van der Waals surface area contributed by atoms with Crippen molar-refractivity contribution in [3.05, 3.63) is 29.6 Å². The second-order valence-electron chi connectivity index (χ2n) is 6.36. The zero-order valence-electron chi connectivity index (χ0n) is 15.1. The molecule has 2 rings (SSSR count). The minimum atomic E-state index is -0.462. The van der Waals surface area contributed by atoms with Gasteiger partial charge in [0.15, 0.2) is 11.6 Å². The summed E-state index contributed by atoms with van der Waals surface area (Å²) in [6.07, 6.45) is 3.42. The van der Waals surface area contributed by atoms with Gasteiger partial charge in [0, 0.05) is 32.6 Å². The molecule has 6 heteroatoms. The first-order valence-corrected chi connectivity index (χ1v) is 8.93. The molecule has 1 saturated heterocycles. The Balaban J connectivity index is 1.90. The van der Waals surface area contributed by atoms with Crippen molar-refractivity contribution in [3.8, 4) is 5.75 Å². The SMILES string of the molecule is CCCCC(=O)N1CCCN(C(=O)Cc2ccc(OC)c(F)c2)CC1. The molecular formula is C19H27FN2O3. The highest BCUT2D eigenvalue weighted by molar-refractivity contribution is 5.79. The van der Waals surface area contributed by atoms with E-state index in [0.29, 0.717) is 38.2 Å². The van der Waals surface area contributed by atoms with Crippen LogP contribution < -0.4 is 4.74 Å². The molecule has 1 heterocycles. The van der Waals surface area contributed by atoms with Crippen LogP contribution >= 0.6 is 0 Å². The molecule has 0 spiro atoms. The smallest absolute Gasteiger partial charge is 0.227 e. The summed E-state index contributed by atoms with van der Waals surface area (Å²) in [5.41, 5.74) is 0.628. The van der Waals surface area contributed by atoms with E-state index in [4.69, 9.17) is 4.74 Å². The monoisotopic (exact) mass is 350 g/mol. The number of methoxy groups -OCH3 is 1. The van der Waals surface area contributed by atoms with E-state index in [9.17, 15) is 14.0 Å². The van der Waals surface area contributed by atoms with Crippen molar-refractivity contribution in [2.45, 2.75) is 39.0 Å². The molecule has 25 heavy (non-hydrogen) atoms. The maximum absolute atomic E-state index is 13.8. The molecule has 1 aromatic rings. The lowest BCUT2D eigenvalue weighted by molar-refractivity contribution is -0.133. The van der Waals surface area contributed by atoms with Gasteiger partial charge in [0.25, 0.3) is 0 Å². The van der Waals surface area contributed by atoms with E-state index in [-0.39, 0.29) is 24.0 Å². The summed E-state index contributed by atoms with van der Waals surface area (Å²) >= 11 is 0. The molecule has 0 saturated carbocycles. The van der Waals surface area contributed by atoms with Gasteiger partial charge in [0.1, 0.15) is 0 Å². The predicted molar refractivity (Wildman–Crippen MR) is 94.0 cm³/mol. The van der Waals surface area contributed by atoms with Gasteiger partial charge in [-0.25, -0.2) is 4.39 Å². The maximum Gasteiger partial charge on any atom is 0.227 e. The average Bonchev–Trinajstić information content (AvgIpc) is 2.86. The van der Waals surface area contributed by atoms with Crippen LogP contribution in [0.1, 0.15) is 38.2 Å². The number of rotatable bonds is 6. The number of ether oxygens (including phenoxy) is 1. The summed E-state index contributed by atoms with van der Waals surface area (Å²) in [6.45, 7) is 4.51. The third-order valence-corrected chi connectivity index (χ3v) is 4.52. The molecule has 138 valence electrons. The number of hydrogen-bond donors (Lipinski definition) is 0. The Morgan fingerprint density at radius 1 is 1.12 bits per heavy atom. The lowest BCUT2D eigenvalue weighted by Crippen LogP contribution is -2.37. The van der Waals surface area contributed by atoms with Crippen LogP contribution in [0.5, 0.6) is 5.75 Å². The number of hydrogen-bond acceptors (Lipinski definition) is 3. The molecule has 2 amide bonds. The summed E-state index contributed by atoms with van der Waals surface area (Å²) in [4.78, 5) is 28.3. The third kappa shape index (κ3) is 5.44. The second-order valence-corrected chi connectivity index (χ2v) is 6.36. The summed E-state index contributed by atoms with van der Waals surface area (Å²) in [5.74, 6) is -0.149.